The van der Waals surface area contributed by atoms with Gasteiger partial charge in [-0.05, 0) is 0 Å². The van der Waals surface area contributed by atoms with Crippen LogP contribution in [0.4, 0.5) is 0 Å². The summed E-state index contributed by atoms with van der Waals surface area (Å²) < 4.78 is 1.15. The van der Waals surface area contributed by atoms with Crippen molar-refractivity contribution in [2.45, 2.75) is 27.2 Å². The number of carboxylic acid groups (broad SMARTS) is 1. The van der Waals surface area contributed by atoms with E-state index in [1.807, 2.05) is 5.38 Å². The van der Waals surface area contributed by atoms with Crippen LogP contribution in [0.15, 0.2) is 5.38 Å². The predicted octanol–water partition coefficient (Wildman–Crippen LogP) is 2.94. The van der Waals surface area contributed by atoms with Gasteiger partial charge in [0.2, 0.25) is 0 Å². The summed E-state index contributed by atoms with van der Waals surface area (Å²) in [6, 6.07) is 2.26. The zero-order chi connectivity index (χ0) is 14.9. The molecule has 0 atom stereocenters. The molecule has 0 aliphatic heterocycles. The van der Waals surface area contributed by atoms with Gasteiger partial charge in [-0.1, -0.05) is 0 Å². The Morgan fingerprint density at radius 1 is 1.60 bits per heavy atom. The van der Waals surface area contributed by atoms with Crippen LogP contribution in [0.3, 0.4) is 0 Å². The maximum atomic E-state index is 11.1. The number of carboxylic acids is 1. The number of rotatable bonds is 4. The quantitative estimate of drug-likeness (QED) is 0.858. The molecule has 2 heterocycles. The van der Waals surface area contributed by atoms with Crippen LogP contribution in [0.2, 0.25) is 0 Å². The Kier molecular flexibility index (Phi) is 4.44. The number of aromatic nitrogens is 1. The fraction of sp³-hybridized carbons (Fsp3) is 0.357. The molecule has 0 radical (unpaired) electrons. The van der Waals surface area contributed by atoms with Gasteiger partial charge in [0.1, 0.15) is 0 Å². The number of nitriles is 1. The van der Waals surface area contributed by atoms with Crippen LogP contribution in [0.25, 0.3) is 9.44 Å². The Morgan fingerprint density at radius 3 is 2.80 bits per heavy atom. The van der Waals surface area contributed by atoms with Crippen LogP contribution in [-0.2, 0) is 6.42 Å². The second-order valence-corrected chi connectivity index (χ2v) is 7.89. The van der Waals surface area contributed by atoms with E-state index in [4.69, 9.17) is 5.11 Å². The Hall–Kier alpha value is -1.41. The fourth-order valence-corrected chi connectivity index (χ4v) is 5.18. The van der Waals surface area contributed by atoms with Gasteiger partial charge in [-0.25, -0.2) is 0 Å². The molecule has 0 bridgehead atoms. The standard InChI is InChI=1S/C14H14N2O2SSe/c1-7(2)4-9-6-19-11(10(9)5-15)13-16-8(3)12(20-13)14(17)18/h6-7H,4H2,1-3H3,(H,17,18). The predicted molar refractivity (Wildman–Crippen MR) is 79.4 cm³/mol. The molecule has 2 aromatic rings. The van der Waals surface area contributed by atoms with Crippen LogP contribution in [-0.4, -0.2) is 30.6 Å². The van der Waals surface area contributed by atoms with E-state index in [1.165, 1.54) is 11.3 Å². The molecule has 0 spiro atoms. The normalized spacial score (nSPS) is 10.8. The number of nitrogens with zero attached hydrogens (tertiary/aromatic N) is 2. The summed E-state index contributed by atoms with van der Waals surface area (Å²) in [6.45, 7) is 5.94. The van der Waals surface area contributed by atoms with Crippen molar-refractivity contribution < 1.29 is 9.90 Å². The summed E-state index contributed by atoms with van der Waals surface area (Å²) in [5.74, 6) is -0.422. The van der Waals surface area contributed by atoms with Crippen molar-refractivity contribution in [2.24, 2.45) is 5.92 Å². The van der Waals surface area contributed by atoms with Gasteiger partial charge < -0.3 is 0 Å². The first kappa shape index (κ1) is 15.0. The van der Waals surface area contributed by atoms with Gasteiger partial charge >= 0.3 is 127 Å². The van der Waals surface area contributed by atoms with Gasteiger partial charge in [-0.15, -0.1) is 0 Å². The van der Waals surface area contributed by atoms with Gasteiger partial charge in [-0.2, -0.15) is 0 Å². The van der Waals surface area contributed by atoms with Gasteiger partial charge in [-0.3, -0.25) is 0 Å². The molecule has 0 fully saturated rings. The average Bonchev–Trinajstić information content (AvgIpc) is 2.91. The SMILES string of the molecule is Cc1nc(-c2scc(CC(C)C)c2C#N)[se]c1C(=O)O. The summed E-state index contributed by atoms with van der Waals surface area (Å²) in [6.07, 6.45) is 0.859. The molecule has 20 heavy (non-hydrogen) atoms. The number of aromatic carboxylic acids is 1. The molecule has 4 nitrogen and oxygen atoms in total. The second-order valence-electron chi connectivity index (χ2n) is 4.91. The molecule has 0 saturated carbocycles. The second kappa shape index (κ2) is 5.92. The summed E-state index contributed by atoms with van der Waals surface area (Å²) in [5, 5.41) is 20.5. The Balaban J connectivity index is 2.48. The third-order valence-electron chi connectivity index (χ3n) is 2.79. The number of aryl methyl sites for hydroxylation is 1. The fourth-order valence-electron chi connectivity index (χ4n) is 1.96. The van der Waals surface area contributed by atoms with Crippen molar-refractivity contribution in [1.82, 2.24) is 4.98 Å². The first-order valence-electron chi connectivity index (χ1n) is 6.15. The molecule has 0 saturated heterocycles. The van der Waals surface area contributed by atoms with E-state index >= 15 is 0 Å². The molecule has 0 aromatic carbocycles. The molecule has 2 rings (SSSR count). The Bertz CT molecular complexity index is 695. The maximum absolute atomic E-state index is 11.1. The average molecular weight is 353 g/mol. The number of hydrogen-bond donors (Lipinski definition) is 1. The summed E-state index contributed by atoms with van der Waals surface area (Å²) >= 11 is 1.18. The van der Waals surface area contributed by atoms with Crippen LogP contribution >= 0.6 is 11.3 Å². The van der Waals surface area contributed by atoms with Gasteiger partial charge in [0.05, 0.1) is 0 Å². The molecular weight excluding hydrogens is 339 g/mol. The Labute approximate surface area is 127 Å². The number of hydrogen-bond acceptors (Lipinski definition) is 4. The number of carbonyl (C=O) groups is 1. The monoisotopic (exact) mass is 354 g/mol. The van der Waals surface area contributed by atoms with E-state index in [0.717, 1.165) is 21.4 Å². The first-order valence-corrected chi connectivity index (χ1v) is 8.74. The van der Waals surface area contributed by atoms with E-state index in [0.29, 0.717) is 21.6 Å². The molecule has 2 aromatic heterocycles. The minimum atomic E-state index is -0.904. The van der Waals surface area contributed by atoms with Crippen LogP contribution in [0.5, 0.6) is 0 Å². The molecule has 0 aliphatic rings. The van der Waals surface area contributed by atoms with Crippen molar-refractivity contribution in [3.8, 4) is 15.5 Å². The van der Waals surface area contributed by atoms with E-state index in [1.54, 1.807) is 6.92 Å². The molecule has 0 amide bonds. The molecule has 0 aliphatic carbocycles. The Morgan fingerprint density at radius 2 is 2.30 bits per heavy atom. The molecular formula is C14H14N2O2SSe. The summed E-state index contributed by atoms with van der Waals surface area (Å²) in [4.78, 5) is 16.3. The van der Waals surface area contributed by atoms with E-state index < -0.39 is 5.97 Å². The van der Waals surface area contributed by atoms with Gasteiger partial charge in [0.15, 0.2) is 0 Å². The van der Waals surface area contributed by atoms with E-state index in [-0.39, 0.29) is 14.5 Å². The molecule has 6 heteroatoms. The van der Waals surface area contributed by atoms with Crippen molar-refractivity contribution >= 4 is 31.8 Å². The van der Waals surface area contributed by atoms with E-state index in [2.05, 4.69) is 24.9 Å². The zero-order valence-corrected chi connectivity index (χ0v) is 14.0. The van der Waals surface area contributed by atoms with Gasteiger partial charge in [0, 0.05) is 0 Å². The molecule has 0 unspecified atom stereocenters. The van der Waals surface area contributed by atoms with Crippen LogP contribution in [0, 0.1) is 24.2 Å². The first-order chi connectivity index (χ1) is 9.43. The van der Waals surface area contributed by atoms with Crippen LogP contribution in [0.1, 0.15) is 39.9 Å². The van der Waals surface area contributed by atoms with Crippen molar-refractivity contribution in [2.75, 3.05) is 0 Å². The molecule has 1 N–H and O–H groups in total. The summed E-state index contributed by atoms with van der Waals surface area (Å²) in [5.41, 5.74) is 2.28. The number of thiophene rings is 1. The minimum absolute atomic E-state index is 0.318. The topological polar surface area (TPSA) is 74.0 Å². The zero-order valence-electron chi connectivity index (χ0n) is 11.4. The van der Waals surface area contributed by atoms with Crippen molar-refractivity contribution in [3.05, 3.63) is 26.6 Å². The van der Waals surface area contributed by atoms with E-state index in [9.17, 15) is 10.1 Å². The van der Waals surface area contributed by atoms with Crippen molar-refractivity contribution in [3.63, 3.8) is 0 Å². The summed E-state index contributed by atoms with van der Waals surface area (Å²) in [7, 11) is 0. The third kappa shape index (κ3) is 2.85. The molecule has 104 valence electrons. The van der Waals surface area contributed by atoms with Crippen molar-refractivity contribution in [1.29, 1.82) is 5.26 Å². The van der Waals surface area contributed by atoms with Crippen LogP contribution < -0.4 is 0 Å². The van der Waals surface area contributed by atoms with Gasteiger partial charge in [0.25, 0.3) is 0 Å². The third-order valence-corrected chi connectivity index (χ3v) is 6.56.